The number of nitriles is 1. The molecule has 0 atom stereocenters. The number of ether oxygens (including phenoxy) is 3. The van der Waals surface area contributed by atoms with E-state index in [4.69, 9.17) is 25.8 Å². The summed E-state index contributed by atoms with van der Waals surface area (Å²) in [5.41, 5.74) is 9.12. The van der Waals surface area contributed by atoms with Gasteiger partial charge in [0, 0.05) is 42.7 Å². The molecule has 2 aliphatic heterocycles. The van der Waals surface area contributed by atoms with E-state index in [1.165, 1.54) is 56.3 Å². The van der Waals surface area contributed by atoms with Crippen molar-refractivity contribution in [1.82, 2.24) is 14.8 Å². The van der Waals surface area contributed by atoms with Crippen molar-refractivity contribution in [1.29, 1.82) is 5.26 Å². The first-order valence-corrected chi connectivity index (χ1v) is 18.5. The minimum atomic E-state index is 0.289. The summed E-state index contributed by atoms with van der Waals surface area (Å²) in [5, 5.41) is 9.96. The Morgan fingerprint density at radius 1 is 0.740 bits per heavy atom. The van der Waals surface area contributed by atoms with E-state index >= 15 is 0 Å². The van der Waals surface area contributed by atoms with Crippen LogP contribution in [0, 0.1) is 32.1 Å². The Morgan fingerprint density at radius 2 is 1.44 bits per heavy atom. The van der Waals surface area contributed by atoms with Gasteiger partial charge in [-0.3, -0.25) is 9.88 Å². The van der Waals surface area contributed by atoms with Crippen LogP contribution < -0.4 is 14.2 Å². The lowest BCUT2D eigenvalue weighted by Gasteiger charge is -2.28. The number of pyridine rings is 1. The predicted octanol–water partition coefficient (Wildman–Crippen LogP) is 9.21. The molecule has 0 unspecified atom stereocenters. The maximum Gasteiger partial charge on any atom is 0.142 e. The molecule has 6 rings (SSSR count). The van der Waals surface area contributed by atoms with Gasteiger partial charge in [0.25, 0.3) is 0 Å². The van der Waals surface area contributed by atoms with E-state index < -0.39 is 0 Å². The second-order valence-corrected chi connectivity index (χ2v) is 14.0. The van der Waals surface area contributed by atoms with Gasteiger partial charge >= 0.3 is 0 Å². The average molecular weight is 693 g/mol. The molecule has 2 aliphatic rings. The molecule has 0 saturated carbocycles. The van der Waals surface area contributed by atoms with Crippen molar-refractivity contribution in [2.45, 2.75) is 79.1 Å². The van der Waals surface area contributed by atoms with Crippen molar-refractivity contribution in [3.63, 3.8) is 0 Å². The molecule has 0 radical (unpaired) electrons. The Bertz CT molecular complexity index is 1810. The van der Waals surface area contributed by atoms with Gasteiger partial charge in [0.05, 0.1) is 17.2 Å². The normalized spacial score (nSPS) is 15.2. The fourth-order valence-corrected chi connectivity index (χ4v) is 7.38. The predicted molar refractivity (Wildman–Crippen MR) is 200 cm³/mol. The zero-order valence-corrected chi connectivity index (χ0v) is 30.5. The van der Waals surface area contributed by atoms with Crippen LogP contribution in [-0.2, 0) is 19.8 Å². The number of hydrogen-bond acceptors (Lipinski definition) is 7. The summed E-state index contributed by atoms with van der Waals surface area (Å²) >= 11 is 7.04. The first-order valence-electron chi connectivity index (χ1n) is 18.1. The van der Waals surface area contributed by atoms with Crippen LogP contribution in [0.25, 0.3) is 11.1 Å². The molecule has 3 heterocycles. The molecular weight excluding hydrogens is 644 g/mol. The number of benzene rings is 3. The van der Waals surface area contributed by atoms with Crippen molar-refractivity contribution in [2.75, 3.05) is 39.3 Å². The molecule has 0 amide bonds. The molecule has 0 aliphatic carbocycles. The van der Waals surface area contributed by atoms with E-state index in [-0.39, 0.29) is 6.61 Å². The Morgan fingerprint density at radius 3 is 2.22 bits per heavy atom. The number of hydrogen-bond donors (Lipinski definition) is 0. The maximum absolute atomic E-state index is 9.35. The van der Waals surface area contributed by atoms with Crippen molar-refractivity contribution < 1.29 is 14.2 Å². The van der Waals surface area contributed by atoms with Crippen LogP contribution in [0.15, 0.2) is 60.9 Å². The van der Waals surface area contributed by atoms with Crippen LogP contribution in [0.2, 0.25) is 5.02 Å². The molecular formula is C42H49ClN4O3. The third-order valence-electron chi connectivity index (χ3n) is 10.2. The molecule has 0 spiro atoms. The Kier molecular flexibility index (Phi) is 12.3. The SMILES string of the molecule is Cc1c(COc2cc(OCc3cncc(C#N)c3)c(CN3CCCCC3)c(C)c2Cl)cccc1-c1cccc(OCCCN2CCCC2)c1C. The van der Waals surface area contributed by atoms with E-state index in [0.29, 0.717) is 22.9 Å². The highest BCUT2D eigenvalue weighted by molar-refractivity contribution is 6.33. The summed E-state index contributed by atoms with van der Waals surface area (Å²) in [6.07, 6.45) is 10.6. The lowest BCUT2D eigenvalue weighted by Crippen LogP contribution is -2.29. The maximum atomic E-state index is 9.35. The van der Waals surface area contributed by atoms with E-state index in [0.717, 1.165) is 84.1 Å². The lowest BCUT2D eigenvalue weighted by molar-refractivity contribution is 0.214. The third-order valence-corrected chi connectivity index (χ3v) is 10.7. The number of rotatable bonds is 14. The minimum absolute atomic E-state index is 0.289. The molecule has 4 aromatic rings. The second-order valence-electron chi connectivity index (χ2n) is 13.7. The van der Waals surface area contributed by atoms with Gasteiger partial charge in [-0.25, -0.2) is 0 Å². The number of halogens is 1. The molecule has 3 aromatic carbocycles. The van der Waals surface area contributed by atoms with Crippen LogP contribution in [0.3, 0.4) is 0 Å². The monoisotopic (exact) mass is 692 g/mol. The zero-order chi connectivity index (χ0) is 34.9. The fraction of sp³-hybridized carbons (Fsp3) is 0.429. The Hall–Kier alpha value is -4.09. The highest BCUT2D eigenvalue weighted by Crippen LogP contribution is 2.40. The van der Waals surface area contributed by atoms with Gasteiger partial charge in [-0.15, -0.1) is 0 Å². The highest BCUT2D eigenvalue weighted by atomic mass is 35.5. The number of aromatic nitrogens is 1. The number of nitrogens with zero attached hydrogens (tertiary/aromatic N) is 4. The molecule has 2 fully saturated rings. The van der Waals surface area contributed by atoms with E-state index in [9.17, 15) is 5.26 Å². The number of piperidine rings is 1. The van der Waals surface area contributed by atoms with Crippen LogP contribution in [-0.4, -0.2) is 54.1 Å². The molecule has 0 bridgehead atoms. The van der Waals surface area contributed by atoms with Gasteiger partial charge in [0.1, 0.15) is 36.5 Å². The van der Waals surface area contributed by atoms with E-state index in [1.807, 2.05) is 12.1 Å². The van der Waals surface area contributed by atoms with Crippen LogP contribution >= 0.6 is 11.6 Å². The first-order chi connectivity index (χ1) is 24.4. The van der Waals surface area contributed by atoms with E-state index in [1.54, 1.807) is 12.4 Å². The summed E-state index contributed by atoms with van der Waals surface area (Å²) in [6.45, 7) is 14.2. The smallest absolute Gasteiger partial charge is 0.142 e. The highest BCUT2D eigenvalue weighted by Gasteiger charge is 2.21. The minimum Gasteiger partial charge on any atom is -0.493 e. The van der Waals surface area contributed by atoms with Gasteiger partial charge in [-0.2, -0.15) is 5.26 Å². The van der Waals surface area contributed by atoms with Crippen LogP contribution in [0.5, 0.6) is 17.2 Å². The van der Waals surface area contributed by atoms with Crippen molar-refractivity contribution in [2.24, 2.45) is 0 Å². The molecule has 1 aromatic heterocycles. The molecule has 7 nitrogen and oxygen atoms in total. The summed E-state index contributed by atoms with van der Waals surface area (Å²) in [7, 11) is 0. The zero-order valence-electron chi connectivity index (χ0n) is 29.8. The fourth-order valence-electron chi connectivity index (χ4n) is 7.16. The average Bonchev–Trinajstić information content (AvgIpc) is 3.67. The topological polar surface area (TPSA) is 70.8 Å². The van der Waals surface area contributed by atoms with Crippen molar-refractivity contribution >= 4 is 11.6 Å². The van der Waals surface area contributed by atoms with E-state index in [2.05, 4.69) is 78.0 Å². The third kappa shape index (κ3) is 8.79. The molecule has 50 heavy (non-hydrogen) atoms. The van der Waals surface area contributed by atoms with Gasteiger partial charge in [0.2, 0.25) is 0 Å². The summed E-state index contributed by atoms with van der Waals surface area (Å²) in [6, 6.07) is 18.6. The summed E-state index contributed by atoms with van der Waals surface area (Å²) in [4.78, 5) is 9.21. The van der Waals surface area contributed by atoms with Crippen molar-refractivity contribution in [3.8, 4) is 34.4 Å². The summed E-state index contributed by atoms with van der Waals surface area (Å²) in [5.74, 6) is 2.28. The van der Waals surface area contributed by atoms with Gasteiger partial charge in [-0.05, 0) is 125 Å². The van der Waals surface area contributed by atoms with Crippen LogP contribution in [0.1, 0.15) is 77.5 Å². The largest absolute Gasteiger partial charge is 0.493 e. The van der Waals surface area contributed by atoms with Crippen LogP contribution in [0.4, 0.5) is 0 Å². The summed E-state index contributed by atoms with van der Waals surface area (Å²) < 4.78 is 19.2. The molecule has 0 N–H and O–H groups in total. The molecule has 262 valence electrons. The first kappa shape index (κ1) is 35.7. The Balaban J connectivity index is 1.19. The lowest BCUT2D eigenvalue weighted by atomic mass is 9.93. The van der Waals surface area contributed by atoms with Gasteiger partial charge < -0.3 is 19.1 Å². The molecule has 8 heteroatoms. The quantitative estimate of drug-likeness (QED) is 0.122. The number of likely N-dealkylation sites (tertiary alicyclic amines) is 2. The van der Waals surface area contributed by atoms with Gasteiger partial charge in [-0.1, -0.05) is 48.4 Å². The van der Waals surface area contributed by atoms with Crippen molar-refractivity contribution in [3.05, 3.63) is 105 Å². The Labute approximate surface area is 302 Å². The second kappa shape index (κ2) is 17.2. The van der Waals surface area contributed by atoms with Gasteiger partial charge in [0.15, 0.2) is 0 Å². The molecule has 2 saturated heterocycles. The standard InChI is InChI=1S/C42H49ClN4O3/c1-30-35(12-9-13-36(30)37-14-10-15-39(31(37)2)48-21-11-20-46-16-7-8-17-46)29-50-41-23-40(49-28-34-22-33(24-44)25-45-26-34)38(32(3)42(41)43)27-47-18-5-4-6-19-47/h9-10,12-15,22-23,25-26H,4-8,11,16-21,27-29H2,1-3H3.